The molecule has 0 unspecified atom stereocenters. The van der Waals surface area contributed by atoms with Gasteiger partial charge in [-0.15, -0.1) is 0 Å². The number of hydrogen-bond acceptors (Lipinski definition) is 2. The minimum absolute atomic E-state index is 0.0454. The average Bonchev–Trinajstić information content (AvgIpc) is 2.61. The van der Waals surface area contributed by atoms with Gasteiger partial charge in [0.05, 0.1) is 5.69 Å². The van der Waals surface area contributed by atoms with Crippen LogP contribution in [0.25, 0.3) is 0 Å². The molecule has 0 aliphatic heterocycles. The van der Waals surface area contributed by atoms with Gasteiger partial charge in [0.25, 0.3) is 0 Å². The molecule has 28 heavy (non-hydrogen) atoms. The van der Waals surface area contributed by atoms with Crippen molar-refractivity contribution >= 4 is 23.2 Å². The Kier molecular flexibility index (Phi) is 5.87. The van der Waals surface area contributed by atoms with E-state index in [1.807, 2.05) is 12.1 Å². The number of carbonyl (C=O) groups excluding carboxylic acids is 2. The van der Waals surface area contributed by atoms with Crippen molar-refractivity contribution in [3.63, 3.8) is 0 Å². The number of rotatable bonds is 4. The van der Waals surface area contributed by atoms with Gasteiger partial charge in [-0.3, -0.25) is 9.59 Å². The molecule has 2 rings (SSSR count). The van der Waals surface area contributed by atoms with Gasteiger partial charge in [0.2, 0.25) is 11.8 Å². The molecule has 2 aromatic rings. The Balaban J connectivity index is 2.13. The molecule has 0 heterocycles. The molecule has 0 aromatic heterocycles. The van der Waals surface area contributed by atoms with Gasteiger partial charge in [-0.2, -0.15) is 0 Å². The molecule has 2 aromatic carbocycles. The number of carbonyl (C=O) groups is 2. The summed E-state index contributed by atoms with van der Waals surface area (Å²) in [5.74, 6) is -6.08. The third kappa shape index (κ3) is 4.52. The summed E-state index contributed by atoms with van der Waals surface area (Å²) in [6.45, 7) is 8.88. The van der Waals surface area contributed by atoms with E-state index in [-0.39, 0.29) is 5.41 Å². The maximum absolute atomic E-state index is 13.8. The summed E-state index contributed by atoms with van der Waals surface area (Å²) in [6.07, 6.45) is 0. The lowest BCUT2D eigenvalue weighted by Gasteiger charge is -2.23. The van der Waals surface area contributed by atoms with Crippen molar-refractivity contribution in [2.45, 2.75) is 40.0 Å². The molecule has 0 atom stereocenters. The first-order chi connectivity index (χ1) is 12.8. The van der Waals surface area contributed by atoms with Crippen LogP contribution in [0.5, 0.6) is 0 Å². The van der Waals surface area contributed by atoms with Crippen molar-refractivity contribution in [1.29, 1.82) is 0 Å². The van der Waals surface area contributed by atoms with Gasteiger partial charge < -0.3 is 10.6 Å². The molecule has 0 aliphatic rings. The first-order valence-corrected chi connectivity index (χ1v) is 8.71. The second-order valence-corrected chi connectivity index (χ2v) is 8.08. The van der Waals surface area contributed by atoms with Gasteiger partial charge >= 0.3 is 0 Å². The van der Waals surface area contributed by atoms with E-state index in [9.17, 15) is 22.8 Å². The largest absolute Gasteiger partial charge is 0.325 e. The summed E-state index contributed by atoms with van der Waals surface area (Å²) < 4.78 is 40.1. The van der Waals surface area contributed by atoms with Gasteiger partial charge in [0, 0.05) is 5.69 Å². The standard InChI is InChI=1S/C21H23F3N2O2/c1-20(2,3)12-6-8-13(9-7-12)25-18(27)21(4,5)19(28)26-15-11-10-14(22)16(23)17(15)24/h6-11H,1-5H3,(H,25,27)(H,26,28). The Hall–Kier alpha value is -2.83. The maximum atomic E-state index is 13.8. The molecule has 150 valence electrons. The second-order valence-electron chi connectivity index (χ2n) is 8.08. The SMILES string of the molecule is CC(C)(C(=O)Nc1ccc(C(C)(C)C)cc1)C(=O)Nc1ccc(F)c(F)c1F. The van der Waals surface area contributed by atoms with Crippen LogP contribution in [0.2, 0.25) is 0 Å². The smallest absolute Gasteiger partial charge is 0.239 e. The number of amides is 2. The van der Waals surface area contributed by atoms with E-state index < -0.39 is 40.4 Å². The van der Waals surface area contributed by atoms with Crippen LogP contribution in [0.15, 0.2) is 36.4 Å². The molecule has 2 N–H and O–H groups in total. The van der Waals surface area contributed by atoms with Gasteiger partial charge in [-0.25, -0.2) is 13.2 Å². The molecule has 0 saturated heterocycles. The molecule has 2 amide bonds. The Morgan fingerprint density at radius 3 is 1.82 bits per heavy atom. The lowest BCUT2D eigenvalue weighted by Crippen LogP contribution is -2.41. The average molecular weight is 392 g/mol. The molecule has 0 fully saturated rings. The normalized spacial score (nSPS) is 11.9. The fraction of sp³-hybridized carbons (Fsp3) is 0.333. The first-order valence-electron chi connectivity index (χ1n) is 8.71. The van der Waals surface area contributed by atoms with Crippen LogP contribution < -0.4 is 10.6 Å². The fourth-order valence-electron chi connectivity index (χ4n) is 2.35. The number of anilines is 2. The highest BCUT2D eigenvalue weighted by molar-refractivity contribution is 6.14. The first kappa shape index (κ1) is 21.5. The summed E-state index contributed by atoms with van der Waals surface area (Å²) in [5.41, 5.74) is -0.607. The van der Waals surface area contributed by atoms with Crippen molar-refractivity contribution in [1.82, 2.24) is 0 Å². The predicted octanol–water partition coefficient (Wildman–Crippen LogP) is 5.00. The summed E-state index contributed by atoms with van der Waals surface area (Å²) in [6, 6.07) is 8.78. The third-order valence-corrected chi connectivity index (χ3v) is 4.43. The lowest BCUT2D eigenvalue weighted by molar-refractivity contribution is -0.135. The van der Waals surface area contributed by atoms with E-state index >= 15 is 0 Å². The van der Waals surface area contributed by atoms with Crippen LogP contribution in [-0.4, -0.2) is 11.8 Å². The third-order valence-electron chi connectivity index (χ3n) is 4.43. The van der Waals surface area contributed by atoms with Crippen molar-refractivity contribution < 1.29 is 22.8 Å². The monoisotopic (exact) mass is 392 g/mol. The van der Waals surface area contributed by atoms with Crippen LogP contribution in [0.1, 0.15) is 40.2 Å². The molecule has 0 radical (unpaired) electrons. The highest BCUT2D eigenvalue weighted by Crippen LogP contribution is 2.26. The summed E-state index contributed by atoms with van der Waals surface area (Å²) >= 11 is 0. The second kappa shape index (κ2) is 7.66. The van der Waals surface area contributed by atoms with Crippen molar-refractivity contribution in [3.8, 4) is 0 Å². The Morgan fingerprint density at radius 1 is 0.750 bits per heavy atom. The minimum Gasteiger partial charge on any atom is -0.325 e. The maximum Gasteiger partial charge on any atom is 0.239 e. The van der Waals surface area contributed by atoms with Crippen LogP contribution in [0, 0.1) is 22.9 Å². The molecule has 0 bridgehead atoms. The van der Waals surface area contributed by atoms with Gasteiger partial charge in [0.1, 0.15) is 5.41 Å². The van der Waals surface area contributed by atoms with Crippen molar-refractivity contribution in [2.24, 2.45) is 5.41 Å². The number of halogens is 3. The predicted molar refractivity (Wildman–Crippen MR) is 102 cm³/mol. The number of nitrogens with one attached hydrogen (secondary N) is 2. The highest BCUT2D eigenvalue weighted by Gasteiger charge is 2.37. The van der Waals surface area contributed by atoms with E-state index in [2.05, 4.69) is 31.4 Å². The van der Waals surface area contributed by atoms with Gasteiger partial charge in [-0.1, -0.05) is 32.9 Å². The molecular weight excluding hydrogens is 369 g/mol. The van der Waals surface area contributed by atoms with E-state index in [0.717, 1.165) is 11.6 Å². The topological polar surface area (TPSA) is 58.2 Å². The lowest BCUT2D eigenvalue weighted by atomic mass is 9.87. The quantitative estimate of drug-likeness (QED) is 0.568. The zero-order valence-electron chi connectivity index (χ0n) is 16.4. The molecule has 0 saturated carbocycles. The van der Waals surface area contributed by atoms with E-state index in [1.165, 1.54) is 13.8 Å². The van der Waals surface area contributed by atoms with Gasteiger partial charge in [0.15, 0.2) is 17.5 Å². The summed E-state index contributed by atoms with van der Waals surface area (Å²) in [5, 5.41) is 4.77. The Labute approximate surface area is 162 Å². The number of hydrogen-bond donors (Lipinski definition) is 2. The van der Waals surface area contributed by atoms with E-state index in [1.54, 1.807) is 12.1 Å². The van der Waals surface area contributed by atoms with E-state index in [4.69, 9.17) is 0 Å². The van der Waals surface area contributed by atoms with Crippen LogP contribution in [0.3, 0.4) is 0 Å². The Morgan fingerprint density at radius 2 is 1.29 bits per heavy atom. The molecule has 7 heteroatoms. The zero-order valence-corrected chi connectivity index (χ0v) is 16.4. The van der Waals surface area contributed by atoms with Gasteiger partial charge in [-0.05, 0) is 49.1 Å². The van der Waals surface area contributed by atoms with Crippen LogP contribution in [-0.2, 0) is 15.0 Å². The van der Waals surface area contributed by atoms with Crippen molar-refractivity contribution in [2.75, 3.05) is 10.6 Å². The van der Waals surface area contributed by atoms with E-state index in [0.29, 0.717) is 11.8 Å². The van der Waals surface area contributed by atoms with Crippen LogP contribution in [0.4, 0.5) is 24.5 Å². The Bertz CT molecular complexity index is 901. The van der Waals surface area contributed by atoms with Crippen molar-refractivity contribution in [3.05, 3.63) is 59.4 Å². The fourth-order valence-corrected chi connectivity index (χ4v) is 2.35. The summed E-state index contributed by atoms with van der Waals surface area (Å²) in [4.78, 5) is 25.0. The molecule has 4 nitrogen and oxygen atoms in total. The molecule has 0 aliphatic carbocycles. The minimum atomic E-state index is -1.70. The molecular formula is C21H23F3N2O2. The highest BCUT2D eigenvalue weighted by atomic mass is 19.2. The number of benzene rings is 2. The summed E-state index contributed by atoms with van der Waals surface area (Å²) in [7, 11) is 0. The molecule has 0 spiro atoms. The van der Waals surface area contributed by atoms with Crippen LogP contribution >= 0.6 is 0 Å². The zero-order chi connectivity index (χ0) is 21.3.